The molecule has 0 atom stereocenters. The first-order valence-electron chi connectivity index (χ1n) is 8.45. The summed E-state index contributed by atoms with van der Waals surface area (Å²) in [4.78, 5) is 6.80. The van der Waals surface area contributed by atoms with Crippen molar-refractivity contribution in [1.82, 2.24) is 9.88 Å². The highest BCUT2D eigenvalue weighted by Gasteiger charge is 2.29. The third kappa shape index (κ3) is 3.72. The number of rotatable bonds is 5. The lowest BCUT2D eigenvalue weighted by molar-refractivity contribution is 0.195. The normalized spacial score (nSPS) is 19.9. The Morgan fingerprint density at radius 3 is 2.57 bits per heavy atom. The number of likely N-dealkylation sites (tertiary alicyclic amines) is 1. The van der Waals surface area contributed by atoms with Crippen LogP contribution in [0.1, 0.15) is 43.3 Å². The number of nitrogens with zero attached hydrogens (tertiary/aromatic N) is 2. The number of benzene rings is 1. The zero-order valence-corrected chi connectivity index (χ0v) is 13.2. The molecule has 23 heavy (non-hydrogen) atoms. The first-order valence-corrected chi connectivity index (χ1v) is 8.45. The first kappa shape index (κ1) is 14.7. The van der Waals surface area contributed by atoms with Crippen LogP contribution in [0.3, 0.4) is 0 Å². The van der Waals surface area contributed by atoms with Crippen molar-refractivity contribution in [3.8, 4) is 0 Å². The molecule has 1 aromatic heterocycles. The van der Waals surface area contributed by atoms with Crippen LogP contribution in [0.2, 0.25) is 0 Å². The quantitative estimate of drug-likeness (QED) is 0.912. The molecule has 0 unspecified atom stereocenters. The summed E-state index contributed by atoms with van der Waals surface area (Å²) in [6.45, 7) is 2.93. The molecule has 0 spiro atoms. The Morgan fingerprint density at radius 2 is 1.87 bits per heavy atom. The zero-order valence-electron chi connectivity index (χ0n) is 13.2. The van der Waals surface area contributed by atoms with Gasteiger partial charge in [-0.1, -0.05) is 0 Å². The molecule has 1 N–H and O–H groups in total. The van der Waals surface area contributed by atoms with Crippen molar-refractivity contribution in [2.45, 2.75) is 44.2 Å². The van der Waals surface area contributed by atoms with Crippen LogP contribution >= 0.6 is 0 Å². The van der Waals surface area contributed by atoms with Gasteiger partial charge in [0.25, 0.3) is 0 Å². The molecule has 5 heteroatoms. The number of piperidine rings is 1. The summed E-state index contributed by atoms with van der Waals surface area (Å²) in [7, 11) is 0. The monoisotopic (exact) mass is 315 g/mol. The molecule has 122 valence electrons. The first-order chi connectivity index (χ1) is 11.3. The van der Waals surface area contributed by atoms with Crippen molar-refractivity contribution in [2.24, 2.45) is 0 Å². The van der Waals surface area contributed by atoms with E-state index in [4.69, 9.17) is 4.42 Å². The number of hydrogen-bond donors (Lipinski definition) is 1. The van der Waals surface area contributed by atoms with Gasteiger partial charge in [-0.2, -0.15) is 0 Å². The van der Waals surface area contributed by atoms with Gasteiger partial charge in [0.1, 0.15) is 11.6 Å². The standard InChI is InChI=1S/C18H22FN3O/c19-14-3-5-15(6-4-14)21-16-7-9-22(10-8-16)12-17-11-20-18(23-17)13-1-2-13/h3-6,11,13,16,21H,1-2,7-10,12H2. The van der Waals surface area contributed by atoms with Crippen LogP contribution in [0.4, 0.5) is 10.1 Å². The largest absolute Gasteiger partial charge is 0.444 e. The van der Waals surface area contributed by atoms with Crippen molar-refractivity contribution >= 4 is 5.69 Å². The average Bonchev–Trinajstić information content (AvgIpc) is 3.32. The van der Waals surface area contributed by atoms with E-state index in [1.54, 1.807) is 12.1 Å². The highest BCUT2D eigenvalue weighted by atomic mass is 19.1. The van der Waals surface area contributed by atoms with Crippen molar-refractivity contribution in [3.05, 3.63) is 47.9 Å². The molecule has 2 heterocycles. The highest BCUT2D eigenvalue weighted by molar-refractivity contribution is 5.43. The summed E-state index contributed by atoms with van der Waals surface area (Å²) >= 11 is 0. The van der Waals surface area contributed by atoms with Crippen molar-refractivity contribution in [3.63, 3.8) is 0 Å². The zero-order chi connectivity index (χ0) is 15.6. The molecule has 1 aliphatic carbocycles. The van der Waals surface area contributed by atoms with Gasteiger partial charge in [-0.05, 0) is 49.9 Å². The molecule has 1 aromatic carbocycles. The van der Waals surface area contributed by atoms with E-state index in [1.807, 2.05) is 6.20 Å². The average molecular weight is 315 g/mol. The minimum atomic E-state index is -0.192. The molecule has 2 aromatic rings. The van der Waals surface area contributed by atoms with Gasteiger partial charge in [-0.3, -0.25) is 4.90 Å². The molecule has 0 radical (unpaired) electrons. The van der Waals surface area contributed by atoms with Gasteiger partial charge in [-0.25, -0.2) is 9.37 Å². The predicted molar refractivity (Wildman–Crippen MR) is 86.8 cm³/mol. The van der Waals surface area contributed by atoms with Crippen molar-refractivity contribution in [1.29, 1.82) is 0 Å². The predicted octanol–water partition coefficient (Wildman–Crippen LogP) is 3.77. The molecule has 4 rings (SSSR count). The Morgan fingerprint density at radius 1 is 1.13 bits per heavy atom. The van der Waals surface area contributed by atoms with E-state index >= 15 is 0 Å². The molecule has 1 saturated carbocycles. The third-order valence-electron chi connectivity index (χ3n) is 4.68. The number of nitrogens with one attached hydrogen (secondary N) is 1. The number of anilines is 1. The summed E-state index contributed by atoms with van der Waals surface area (Å²) < 4.78 is 18.8. The third-order valence-corrected chi connectivity index (χ3v) is 4.68. The number of oxazole rings is 1. The number of aromatic nitrogens is 1. The summed E-state index contributed by atoms with van der Waals surface area (Å²) in [5, 5.41) is 3.49. The minimum absolute atomic E-state index is 0.192. The molecular weight excluding hydrogens is 293 g/mol. The van der Waals surface area contributed by atoms with E-state index in [9.17, 15) is 4.39 Å². The maximum atomic E-state index is 12.9. The van der Waals surface area contributed by atoms with Crippen LogP contribution in [0.25, 0.3) is 0 Å². The fraction of sp³-hybridized carbons (Fsp3) is 0.500. The van der Waals surface area contributed by atoms with Gasteiger partial charge in [0.15, 0.2) is 5.89 Å². The fourth-order valence-corrected chi connectivity index (χ4v) is 3.15. The summed E-state index contributed by atoms with van der Waals surface area (Å²) in [5.41, 5.74) is 0.995. The van der Waals surface area contributed by atoms with Crippen LogP contribution in [-0.4, -0.2) is 29.0 Å². The molecule has 1 aliphatic heterocycles. The van der Waals surface area contributed by atoms with Gasteiger partial charge in [0.05, 0.1) is 12.7 Å². The molecular formula is C18H22FN3O. The van der Waals surface area contributed by atoms with E-state index in [1.165, 1.54) is 25.0 Å². The maximum absolute atomic E-state index is 12.9. The lowest BCUT2D eigenvalue weighted by Gasteiger charge is -2.32. The van der Waals surface area contributed by atoms with Crippen molar-refractivity contribution < 1.29 is 8.81 Å². The second-order valence-electron chi connectivity index (χ2n) is 6.64. The molecule has 2 aliphatic rings. The Balaban J connectivity index is 1.26. The van der Waals surface area contributed by atoms with Crippen LogP contribution in [0, 0.1) is 5.82 Å². The van der Waals surface area contributed by atoms with Crippen LogP contribution in [0.5, 0.6) is 0 Å². The second-order valence-corrected chi connectivity index (χ2v) is 6.64. The molecule has 0 bridgehead atoms. The molecule has 0 amide bonds. The second kappa shape index (κ2) is 6.32. The van der Waals surface area contributed by atoms with Crippen molar-refractivity contribution in [2.75, 3.05) is 18.4 Å². The van der Waals surface area contributed by atoms with Gasteiger partial charge >= 0.3 is 0 Å². The molecule has 1 saturated heterocycles. The number of hydrogen-bond acceptors (Lipinski definition) is 4. The Hall–Kier alpha value is -1.88. The van der Waals surface area contributed by atoms with E-state index in [-0.39, 0.29) is 5.82 Å². The summed E-state index contributed by atoms with van der Waals surface area (Å²) in [6.07, 6.45) is 6.50. The Kier molecular flexibility index (Phi) is 4.04. The van der Waals surface area contributed by atoms with E-state index in [0.717, 1.165) is 49.8 Å². The lowest BCUT2D eigenvalue weighted by atomic mass is 10.0. The van der Waals surface area contributed by atoms with Crippen LogP contribution in [0.15, 0.2) is 34.9 Å². The van der Waals surface area contributed by atoms with Gasteiger partial charge in [0.2, 0.25) is 0 Å². The maximum Gasteiger partial charge on any atom is 0.197 e. The minimum Gasteiger partial charge on any atom is -0.444 e. The van der Waals surface area contributed by atoms with Crippen LogP contribution < -0.4 is 5.32 Å². The summed E-state index contributed by atoms with van der Waals surface area (Å²) in [6, 6.07) is 7.05. The molecule has 4 nitrogen and oxygen atoms in total. The Labute approximate surface area is 135 Å². The van der Waals surface area contributed by atoms with Crippen LogP contribution in [-0.2, 0) is 6.54 Å². The molecule has 2 fully saturated rings. The van der Waals surface area contributed by atoms with Gasteiger partial charge < -0.3 is 9.73 Å². The fourth-order valence-electron chi connectivity index (χ4n) is 3.15. The lowest BCUT2D eigenvalue weighted by Crippen LogP contribution is -2.38. The highest BCUT2D eigenvalue weighted by Crippen LogP contribution is 2.39. The SMILES string of the molecule is Fc1ccc(NC2CCN(Cc3cnc(C4CC4)o3)CC2)cc1. The summed E-state index contributed by atoms with van der Waals surface area (Å²) in [5.74, 6) is 2.29. The topological polar surface area (TPSA) is 41.3 Å². The number of halogens is 1. The van der Waals surface area contributed by atoms with Gasteiger partial charge in [0, 0.05) is 30.7 Å². The van der Waals surface area contributed by atoms with Gasteiger partial charge in [-0.15, -0.1) is 0 Å². The van der Waals surface area contributed by atoms with E-state index in [2.05, 4.69) is 15.2 Å². The smallest absolute Gasteiger partial charge is 0.197 e. The van der Waals surface area contributed by atoms with E-state index in [0.29, 0.717) is 12.0 Å². The Bertz CT molecular complexity index is 643. The van der Waals surface area contributed by atoms with E-state index < -0.39 is 0 Å².